The van der Waals surface area contributed by atoms with Crippen LogP contribution >= 0.6 is 0 Å². The highest BCUT2D eigenvalue weighted by atomic mass is 15.2. The molecule has 0 aliphatic rings. The summed E-state index contributed by atoms with van der Waals surface area (Å²) in [4.78, 5) is 2.38. The van der Waals surface area contributed by atoms with E-state index in [4.69, 9.17) is 5.26 Å². The van der Waals surface area contributed by atoms with Crippen molar-refractivity contribution < 1.29 is 0 Å². The fourth-order valence-electron chi connectivity index (χ4n) is 1.66. The van der Waals surface area contributed by atoms with Crippen molar-refractivity contribution in [2.45, 2.75) is 58.5 Å². The first-order valence-corrected chi connectivity index (χ1v) is 6.33. The van der Waals surface area contributed by atoms with Gasteiger partial charge in [0.05, 0.1) is 6.07 Å². The summed E-state index contributed by atoms with van der Waals surface area (Å²) >= 11 is 0. The third-order valence-electron chi connectivity index (χ3n) is 3.10. The summed E-state index contributed by atoms with van der Waals surface area (Å²) in [5.74, 6) is 0. The number of nitrogens with one attached hydrogen (secondary N) is 1. The SMILES string of the molecule is CCCCCN(CC(C)(C#N)NC)C(C)C. The normalized spacial score (nSPS) is 15.1. The van der Waals surface area contributed by atoms with Crippen molar-refractivity contribution in [2.24, 2.45) is 0 Å². The van der Waals surface area contributed by atoms with E-state index in [1.165, 1.54) is 19.3 Å². The number of nitriles is 1. The minimum absolute atomic E-state index is 0.434. The molecule has 0 radical (unpaired) electrons. The lowest BCUT2D eigenvalue weighted by molar-refractivity contribution is 0.180. The Morgan fingerprint density at radius 1 is 1.38 bits per heavy atom. The molecule has 0 aromatic heterocycles. The van der Waals surface area contributed by atoms with E-state index in [1.54, 1.807) is 0 Å². The molecule has 0 saturated carbocycles. The van der Waals surface area contributed by atoms with Crippen LogP contribution in [0.25, 0.3) is 0 Å². The minimum Gasteiger partial charge on any atom is -0.302 e. The number of unbranched alkanes of at least 4 members (excludes halogenated alkanes) is 2. The molecule has 0 aliphatic carbocycles. The summed E-state index contributed by atoms with van der Waals surface area (Å²) in [6.07, 6.45) is 3.74. The molecule has 16 heavy (non-hydrogen) atoms. The Labute approximate surface area is 101 Å². The monoisotopic (exact) mass is 225 g/mol. The standard InChI is InChI=1S/C13H27N3/c1-6-7-8-9-16(12(2)3)11-13(4,10-14)15-5/h12,15H,6-9,11H2,1-5H3. The second kappa shape index (κ2) is 7.65. The van der Waals surface area contributed by atoms with E-state index in [1.807, 2.05) is 14.0 Å². The Hall–Kier alpha value is -0.590. The topological polar surface area (TPSA) is 39.1 Å². The molecular weight excluding hydrogens is 198 g/mol. The second-order valence-electron chi connectivity index (χ2n) is 4.97. The van der Waals surface area contributed by atoms with E-state index in [0.29, 0.717) is 6.04 Å². The van der Waals surface area contributed by atoms with Gasteiger partial charge >= 0.3 is 0 Å². The number of hydrogen-bond donors (Lipinski definition) is 1. The molecule has 1 atom stereocenters. The summed E-state index contributed by atoms with van der Waals surface area (Å²) in [7, 11) is 1.85. The van der Waals surface area contributed by atoms with E-state index in [2.05, 4.69) is 37.1 Å². The Morgan fingerprint density at radius 3 is 2.38 bits per heavy atom. The van der Waals surface area contributed by atoms with Crippen molar-refractivity contribution in [1.82, 2.24) is 10.2 Å². The average molecular weight is 225 g/mol. The molecule has 3 nitrogen and oxygen atoms in total. The molecule has 1 N–H and O–H groups in total. The zero-order valence-corrected chi connectivity index (χ0v) is 11.5. The van der Waals surface area contributed by atoms with Gasteiger partial charge in [-0.3, -0.25) is 4.90 Å². The fourth-order valence-corrected chi connectivity index (χ4v) is 1.66. The van der Waals surface area contributed by atoms with Crippen molar-refractivity contribution >= 4 is 0 Å². The van der Waals surface area contributed by atoms with Gasteiger partial charge in [0.1, 0.15) is 5.54 Å². The first kappa shape index (κ1) is 15.4. The molecule has 94 valence electrons. The Balaban J connectivity index is 4.28. The molecule has 0 amide bonds. The lowest BCUT2D eigenvalue weighted by Crippen LogP contribution is -2.50. The molecule has 0 bridgehead atoms. The van der Waals surface area contributed by atoms with Crippen molar-refractivity contribution in [3.8, 4) is 6.07 Å². The molecule has 1 unspecified atom stereocenters. The van der Waals surface area contributed by atoms with Gasteiger partial charge in [-0.05, 0) is 40.8 Å². The summed E-state index contributed by atoms with van der Waals surface area (Å²) in [5, 5.41) is 12.2. The molecular formula is C13H27N3. The first-order chi connectivity index (χ1) is 7.49. The van der Waals surface area contributed by atoms with Crippen LogP contribution < -0.4 is 5.32 Å². The Kier molecular flexibility index (Phi) is 7.36. The summed E-state index contributed by atoms with van der Waals surface area (Å²) in [6.45, 7) is 10.4. The summed E-state index contributed by atoms with van der Waals surface area (Å²) in [6, 6.07) is 2.85. The Morgan fingerprint density at radius 2 is 2.00 bits per heavy atom. The van der Waals surface area contributed by atoms with Crippen LogP contribution in [0.15, 0.2) is 0 Å². The van der Waals surface area contributed by atoms with Gasteiger partial charge in [0.15, 0.2) is 0 Å². The van der Waals surface area contributed by atoms with E-state index in [-0.39, 0.29) is 0 Å². The molecule has 0 heterocycles. The predicted octanol–water partition coefficient (Wildman–Crippen LogP) is 2.39. The zero-order chi connectivity index (χ0) is 12.6. The smallest absolute Gasteiger partial charge is 0.116 e. The molecule has 0 rings (SSSR count). The molecule has 0 spiro atoms. The Bertz CT molecular complexity index is 220. The highest BCUT2D eigenvalue weighted by molar-refractivity contribution is 5.05. The van der Waals surface area contributed by atoms with Crippen molar-refractivity contribution in [3.05, 3.63) is 0 Å². The van der Waals surface area contributed by atoms with Gasteiger partial charge in [-0.1, -0.05) is 19.8 Å². The van der Waals surface area contributed by atoms with Crippen LogP contribution in [0.1, 0.15) is 47.0 Å². The van der Waals surface area contributed by atoms with E-state index < -0.39 is 5.54 Å². The van der Waals surface area contributed by atoms with Gasteiger partial charge < -0.3 is 5.32 Å². The molecule has 0 fully saturated rings. The van der Waals surface area contributed by atoms with Gasteiger partial charge in [0, 0.05) is 12.6 Å². The molecule has 0 aromatic carbocycles. The van der Waals surface area contributed by atoms with Crippen LogP contribution in [0, 0.1) is 11.3 Å². The lowest BCUT2D eigenvalue weighted by atomic mass is 10.0. The molecule has 0 aliphatic heterocycles. The molecule has 0 aromatic rings. The summed E-state index contributed by atoms with van der Waals surface area (Å²) < 4.78 is 0. The number of rotatable bonds is 8. The van der Waals surface area contributed by atoms with Crippen molar-refractivity contribution in [1.29, 1.82) is 5.26 Å². The van der Waals surface area contributed by atoms with Gasteiger partial charge in [-0.2, -0.15) is 5.26 Å². The summed E-state index contributed by atoms with van der Waals surface area (Å²) in [5.41, 5.74) is -0.434. The van der Waals surface area contributed by atoms with E-state index in [9.17, 15) is 0 Å². The van der Waals surface area contributed by atoms with Crippen LogP contribution in [-0.2, 0) is 0 Å². The second-order valence-corrected chi connectivity index (χ2v) is 4.97. The zero-order valence-electron chi connectivity index (χ0n) is 11.5. The highest BCUT2D eigenvalue weighted by Gasteiger charge is 2.25. The van der Waals surface area contributed by atoms with Crippen LogP contribution in [0.5, 0.6) is 0 Å². The largest absolute Gasteiger partial charge is 0.302 e. The van der Waals surface area contributed by atoms with Crippen LogP contribution in [0.2, 0.25) is 0 Å². The maximum atomic E-state index is 9.15. The number of nitrogens with zero attached hydrogens (tertiary/aromatic N) is 2. The fraction of sp³-hybridized carbons (Fsp3) is 0.923. The van der Waals surface area contributed by atoms with Gasteiger partial charge in [-0.15, -0.1) is 0 Å². The van der Waals surface area contributed by atoms with Crippen molar-refractivity contribution in [3.63, 3.8) is 0 Å². The van der Waals surface area contributed by atoms with E-state index in [0.717, 1.165) is 13.1 Å². The number of hydrogen-bond acceptors (Lipinski definition) is 3. The maximum absolute atomic E-state index is 9.15. The van der Waals surface area contributed by atoms with Crippen molar-refractivity contribution in [2.75, 3.05) is 20.1 Å². The van der Waals surface area contributed by atoms with Crippen LogP contribution in [0.3, 0.4) is 0 Å². The van der Waals surface area contributed by atoms with E-state index >= 15 is 0 Å². The van der Waals surface area contributed by atoms with Gasteiger partial charge in [-0.25, -0.2) is 0 Å². The minimum atomic E-state index is -0.434. The average Bonchev–Trinajstić information content (AvgIpc) is 2.27. The van der Waals surface area contributed by atoms with Crippen LogP contribution in [-0.4, -0.2) is 36.6 Å². The first-order valence-electron chi connectivity index (χ1n) is 6.33. The molecule has 3 heteroatoms. The third-order valence-corrected chi connectivity index (χ3v) is 3.10. The highest BCUT2D eigenvalue weighted by Crippen LogP contribution is 2.10. The third kappa shape index (κ3) is 5.48. The van der Waals surface area contributed by atoms with Gasteiger partial charge in [0.2, 0.25) is 0 Å². The predicted molar refractivity (Wildman–Crippen MR) is 69.3 cm³/mol. The maximum Gasteiger partial charge on any atom is 0.116 e. The number of likely N-dealkylation sites (N-methyl/N-ethyl adjacent to an activating group) is 1. The lowest BCUT2D eigenvalue weighted by Gasteiger charge is -2.33. The molecule has 0 saturated heterocycles. The van der Waals surface area contributed by atoms with Gasteiger partial charge in [0.25, 0.3) is 0 Å². The van der Waals surface area contributed by atoms with Crippen LogP contribution in [0.4, 0.5) is 0 Å². The quantitative estimate of drug-likeness (QED) is 0.645.